The Balaban J connectivity index is 1.63. The van der Waals surface area contributed by atoms with Crippen molar-refractivity contribution in [2.75, 3.05) is 26.2 Å². The molecule has 2 aliphatic heterocycles. The van der Waals surface area contributed by atoms with E-state index in [0.717, 1.165) is 49.9 Å². The van der Waals surface area contributed by atoms with E-state index < -0.39 is 5.60 Å². The number of piperidine rings is 1. The summed E-state index contributed by atoms with van der Waals surface area (Å²) in [6.45, 7) is 8.13. The molecule has 0 spiro atoms. The molecule has 2 fully saturated rings. The first kappa shape index (κ1) is 20.3. The zero-order chi connectivity index (χ0) is 19.3. The average molecular weight is 373 g/mol. The molecule has 150 valence electrons. The summed E-state index contributed by atoms with van der Waals surface area (Å²) in [5.41, 5.74) is 1.26. The van der Waals surface area contributed by atoms with Crippen LogP contribution in [0.1, 0.15) is 74.7 Å². The van der Waals surface area contributed by atoms with Crippen molar-refractivity contribution >= 4 is 5.91 Å². The number of carbonyl (C=O) groups excluding carboxylic acids is 1. The average Bonchev–Trinajstić information content (AvgIpc) is 3.18. The van der Waals surface area contributed by atoms with Crippen LogP contribution in [0.4, 0.5) is 0 Å². The number of carbonyl (C=O) groups is 1. The van der Waals surface area contributed by atoms with Gasteiger partial charge in [0.2, 0.25) is 0 Å². The molecule has 1 N–H and O–H groups in total. The molecule has 0 unspecified atom stereocenters. The Morgan fingerprint density at radius 1 is 1.15 bits per heavy atom. The van der Waals surface area contributed by atoms with Crippen molar-refractivity contribution in [3.05, 3.63) is 35.4 Å². The minimum atomic E-state index is -0.673. The maximum Gasteiger partial charge on any atom is 0.254 e. The Kier molecular flexibility index (Phi) is 6.93. The van der Waals surface area contributed by atoms with Gasteiger partial charge in [-0.2, -0.15) is 0 Å². The number of aliphatic hydroxyl groups is 1. The van der Waals surface area contributed by atoms with Crippen molar-refractivity contribution in [2.45, 2.75) is 76.9 Å². The summed E-state index contributed by atoms with van der Waals surface area (Å²) in [6, 6.07) is 8.40. The van der Waals surface area contributed by atoms with Crippen LogP contribution in [-0.4, -0.2) is 58.6 Å². The van der Waals surface area contributed by atoms with Gasteiger partial charge < -0.3 is 14.9 Å². The van der Waals surface area contributed by atoms with Crippen LogP contribution < -0.4 is 0 Å². The summed E-state index contributed by atoms with van der Waals surface area (Å²) in [4.78, 5) is 17.9. The molecule has 2 aliphatic rings. The standard InChI is InChI=1S/C23H36N2O2/c1-23(2,27)13-11-19-8-7-9-20(18-19)22(26)25-16-4-3-10-21(25)12-17-24-14-5-6-15-24/h7-9,18,21,27H,3-6,10-17H2,1-2H3/t21-/m0/s1. The van der Waals surface area contributed by atoms with Crippen LogP contribution in [0.15, 0.2) is 24.3 Å². The molecule has 0 aromatic heterocycles. The van der Waals surface area contributed by atoms with E-state index in [1.54, 1.807) is 0 Å². The highest BCUT2D eigenvalue weighted by atomic mass is 16.3. The quantitative estimate of drug-likeness (QED) is 0.790. The summed E-state index contributed by atoms with van der Waals surface area (Å²) in [5, 5.41) is 9.97. The van der Waals surface area contributed by atoms with Gasteiger partial charge in [-0.3, -0.25) is 4.79 Å². The molecule has 2 saturated heterocycles. The maximum atomic E-state index is 13.2. The number of nitrogens with zero attached hydrogens (tertiary/aromatic N) is 2. The normalized spacial score (nSPS) is 21.6. The van der Waals surface area contributed by atoms with Gasteiger partial charge in [0.05, 0.1) is 5.60 Å². The van der Waals surface area contributed by atoms with Crippen molar-refractivity contribution in [1.82, 2.24) is 9.80 Å². The zero-order valence-electron chi connectivity index (χ0n) is 17.1. The number of hydrogen-bond acceptors (Lipinski definition) is 3. The number of hydrogen-bond donors (Lipinski definition) is 1. The molecule has 27 heavy (non-hydrogen) atoms. The monoisotopic (exact) mass is 372 g/mol. The van der Waals surface area contributed by atoms with Crippen LogP contribution in [-0.2, 0) is 6.42 Å². The Bertz CT molecular complexity index is 617. The fourth-order valence-corrected chi connectivity index (χ4v) is 4.38. The molecule has 0 bridgehead atoms. The van der Waals surface area contributed by atoms with E-state index in [1.165, 1.54) is 32.4 Å². The van der Waals surface area contributed by atoms with Crippen LogP contribution in [0.5, 0.6) is 0 Å². The summed E-state index contributed by atoms with van der Waals surface area (Å²) < 4.78 is 0. The number of benzene rings is 1. The second kappa shape index (κ2) is 9.20. The molecule has 0 saturated carbocycles. The van der Waals surface area contributed by atoms with E-state index in [1.807, 2.05) is 32.0 Å². The van der Waals surface area contributed by atoms with E-state index in [-0.39, 0.29) is 5.91 Å². The van der Waals surface area contributed by atoms with Gasteiger partial charge in [0, 0.05) is 24.7 Å². The Labute approximate surface area is 164 Å². The third-order valence-electron chi connectivity index (χ3n) is 6.06. The van der Waals surface area contributed by atoms with E-state index in [9.17, 15) is 9.90 Å². The van der Waals surface area contributed by atoms with Crippen molar-refractivity contribution < 1.29 is 9.90 Å². The smallest absolute Gasteiger partial charge is 0.254 e. The SMILES string of the molecule is CC(C)(O)CCc1cccc(C(=O)N2CCCC[C@H]2CCN2CCCC2)c1. The molecule has 1 amide bonds. The van der Waals surface area contributed by atoms with Crippen molar-refractivity contribution in [1.29, 1.82) is 0 Å². The fraction of sp³-hybridized carbons (Fsp3) is 0.696. The van der Waals surface area contributed by atoms with Crippen molar-refractivity contribution in [3.8, 4) is 0 Å². The summed E-state index contributed by atoms with van der Waals surface area (Å²) in [5.74, 6) is 0.186. The number of aryl methyl sites for hydroxylation is 1. The van der Waals surface area contributed by atoms with Crippen LogP contribution in [0.25, 0.3) is 0 Å². The van der Waals surface area contributed by atoms with Gasteiger partial charge in [0.25, 0.3) is 5.91 Å². The van der Waals surface area contributed by atoms with Crippen LogP contribution in [0.2, 0.25) is 0 Å². The highest BCUT2D eigenvalue weighted by Gasteiger charge is 2.28. The van der Waals surface area contributed by atoms with Crippen molar-refractivity contribution in [2.24, 2.45) is 0 Å². The summed E-state index contributed by atoms with van der Waals surface area (Å²) >= 11 is 0. The predicted molar refractivity (Wildman–Crippen MR) is 110 cm³/mol. The lowest BCUT2D eigenvalue weighted by molar-refractivity contribution is 0.0588. The van der Waals surface area contributed by atoms with E-state index >= 15 is 0 Å². The second-order valence-electron chi connectivity index (χ2n) is 9.00. The van der Waals surface area contributed by atoms with Gasteiger partial charge in [0.1, 0.15) is 0 Å². The first-order valence-corrected chi connectivity index (χ1v) is 10.8. The third-order valence-corrected chi connectivity index (χ3v) is 6.06. The molecule has 0 radical (unpaired) electrons. The molecule has 2 heterocycles. The molecule has 1 atom stereocenters. The lowest BCUT2D eigenvalue weighted by Gasteiger charge is -2.37. The van der Waals surface area contributed by atoms with E-state index in [2.05, 4.69) is 15.9 Å². The molecule has 4 heteroatoms. The number of likely N-dealkylation sites (tertiary alicyclic amines) is 2. The predicted octanol–water partition coefficient (Wildman–Crippen LogP) is 3.87. The Hall–Kier alpha value is -1.39. The molecule has 0 aliphatic carbocycles. The van der Waals surface area contributed by atoms with Gasteiger partial charge in [-0.25, -0.2) is 0 Å². The topological polar surface area (TPSA) is 43.8 Å². The Morgan fingerprint density at radius 2 is 1.89 bits per heavy atom. The van der Waals surface area contributed by atoms with Gasteiger partial charge in [0.15, 0.2) is 0 Å². The highest BCUT2D eigenvalue weighted by molar-refractivity contribution is 5.94. The lowest BCUT2D eigenvalue weighted by atomic mass is 9.96. The molecular weight excluding hydrogens is 336 g/mol. The molecule has 3 rings (SSSR count). The second-order valence-corrected chi connectivity index (χ2v) is 9.00. The first-order chi connectivity index (χ1) is 12.9. The molecule has 1 aromatic rings. The molecule has 1 aromatic carbocycles. The Morgan fingerprint density at radius 3 is 2.63 bits per heavy atom. The van der Waals surface area contributed by atoms with Gasteiger partial charge in [-0.05, 0) is 96.0 Å². The van der Waals surface area contributed by atoms with E-state index in [4.69, 9.17) is 0 Å². The maximum absolute atomic E-state index is 13.2. The number of amides is 1. The third kappa shape index (κ3) is 6.05. The minimum Gasteiger partial charge on any atom is -0.390 e. The fourth-order valence-electron chi connectivity index (χ4n) is 4.38. The summed E-state index contributed by atoms with van der Waals surface area (Å²) in [6.07, 6.45) is 8.73. The summed E-state index contributed by atoms with van der Waals surface area (Å²) in [7, 11) is 0. The highest BCUT2D eigenvalue weighted by Crippen LogP contribution is 2.24. The number of rotatable bonds is 7. The molecule has 4 nitrogen and oxygen atoms in total. The van der Waals surface area contributed by atoms with Gasteiger partial charge in [-0.1, -0.05) is 12.1 Å². The minimum absolute atomic E-state index is 0.186. The van der Waals surface area contributed by atoms with Crippen LogP contribution in [0.3, 0.4) is 0 Å². The lowest BCUT2D eigenvalue weighted by Crippen LogP contribution is -2.45. The van der Waals surface area contributed by atoms with Crippen molar-refractivity contribution in [3.63, 3.8) is 0 Å². The zero-order valence-corrected chi connectivity index (χ0v) is 17.1. The van der Waals surface area contributed by atoms with Gasteiger partial charge in [-0.15, -0.1) is 0 Å². The largest absolute Gasteiger partial charge is 0.390 e. The van der Waals surface area contributed by atoms with Crippen LogP contribution in [0, 0.1) is 0 Å². The van der Waals surface area contributed by atoms with E-state index in [0.29, 0.717) is 12.5 Å². The first-order valence-electron chi connectivity index (χ1n) is 10.8. The van der Waals surface area contributed by atoms with Crippen LogP contribution >= 0.6 is 0 Å². The molecular formula is C23H36N2O2. The van der Waals surface area contributed by atoms with Gasteiger partial charge >= 0.3 is 0 Å².